The van der Waals surface area contributed by atoms with Crippen molar-refractivity contribution >= 4 is 21.9 Å². The first-order chi connectivity index (χ1) is 7.58. The maximum Gasteiger partial charge on any atom is 0.310 e. The van der Waals surface area contributed by atoms with Crippen molar-refractivity contribution in [1.29, 1.82) is 5.26 Å². The van der Waals surface area contributed by atoms with Gasteiger partial charge in [0.1, 0.15) is 6.07 Å². The fourth-order valence-electron chi connectivity index (χ4n) is 1.37. The second-order valence-electron chi connectivity index (χ2n) is 3.35. The van der Waals surface area contributed by atoms with Gasteiger partial charge in [-0.15, -0.1) is 0 Å². The molecule has 0 saturated carbocycles. The van der Waals surface area contributed by atoms with Crippen LogP contribution < -0.4 is 0 Å². The number of aryl methyl sites for hydroxylation is 1. The van der Waals surface area contributed by atoms with Crippen molar-refractivity contribution in [3.05, 3.63) is 33.3 Å². The highest BCUT2D eigenvalue weighted by Gasteiger charge is 2.09. The molecule has 0 amide bonds. The number of carbonyl (C=O) groups excluding carboxylic acids is 1. The number of hydrogen-bond donors (Lipinski definition) is 0. The second-order valence-corrected chi connectivity index (χ2v) is 4.21. The first-order valence-corrected chi connectivity index (χ1v) is 5.72. The molecular weight excluding hydrogens is 270 g/mol. The topological polar surface area (TPSA) is 50.1 Å². The second kappa shape index (κ2) is 5.66. The van der Waals surface area contributed by atoms with E-state index in [1.54, 1.807) is 19.1 Å². The zero-order valence-corrected chi connectivity index (χ0v) is 10.8. The molecule has 0 unspecified atom stereocenters. The predicted molar refractivity (Wildman–Crippen MR) is 63.9 cm³/mol. The Morgan fingerprint density at radius 1 is 1.56 bits per heavy atom. The summed E-state index contributed by atoms with van der Waals surface area (Å²) in [6.45, 7) is 4.04. The standard InChI is InChI=1S/C12H12BrNO2/c1-3-16-12(15)6-9-5-11(13)10(7-14)4-8(9)2/h4-5H,3,6H2,1-2H3. The zero-order valence-electron chi connectivity index (χ0n) is 9.21. The van der Waals surface area contributed by atoms with Gasteiger partial charge in [0.25, 0.3) is 0 Å². The molecule has 84 valence electrons. The van der Waals surface area contributed by atoms with Crippen LogP contribution >= 0.6 is 15.9 Å². The lowest BCUT2D eigenvalue weighted by atomic mass is 10.0. The molecular formula is C12H12BrNO2. The first kappa shape index (κ1) is 12.7. The summed E-state index contributed by atoms with van der Waals surface area (Å²) >= 11 is 3.30. The minimum absolute atomic E-state index is 0.240. The number of nitrogens with zero attached hydrogens (tertiary/aromatic N) is 1. The van der Waals surface area contributed by atoms with Gasteiger partial charge in [0.15, 0.2) is 0 Å². The molecule has 0 aliphatic rings. The highest BCUT2D eigenvalue weighted by molar-refractivity contribution is 9.10. The van der Waals surface area contributed by atoms with Crippen molar-refractivity contribution in [3.63, 3.8) is 0 Å². The Morgan fingerprint density at radius 2 is 2.25 bits per heavy atom. The lowest BCUT2D eigenvalue weighted by Gasteiger charge is -2.07. The molecule has 1 aromatic carbocycles. The van der Waals surface area contributed by atoms with E-state index < -0.39 is 0 Å². The molecule has 16 heavy (non-hydrogen) atoms. The molecule has 1 aromatic rings. The van der Waals surface area contributed by atoms with Crippen LogP contribution in [0, 0.1) is 18.3 Å². The first-order valence-electron chi connectivity index (χ1n) is 4.93. The Hall–Kier alpha value is -1.34. The number of nitriles is 1. The van der Waals surface area contributed by atoms with Crippen LogP contribution in [0.4, 0.5) is 0 Å². The molecule has 0 spiro atoms. The van der Waals surface area contributed by atoms with Gasteiger partial charge in [-0.25, -0.2) is 0 Å². The third-order valence-corrected chi connectivity index (χ3v) is 2.84. The van der Waals surface area contributed by atoms with Crippen LogP contribution in [-0.4, -0.2) is 12.6 Å². The van der Waals surface area contributed by atoms with E-state index in [4.69, 9.17) is 10.00 Å². The van der Waals surface area contributed by atoms with Crippen LogP contribution in [0.5, 0.6) is 0 Å². The minimum atomic E-state index is -0.248. The largest absolute Gasteiger partial charge is 0.466 e. The van der Waals surface area contributed by atoms with E-state index >= 15 is 0 Å². The van der Waals surface area contributed by atoms with E-state index in [0.29, 0.717) is 16.6 Å². The Morgan fingerprint density at radius 3 is 2.81 bits per heavy atom. The van der Waals surface area contributed by atoms with E-state index in [9.17, 15) is 4.79 Å². The number of esters is 1. The maximum atomic E-state index is 11.3. The highest BCUT2D eigenvalue weighted by atomic mass is 79.9. The summed E-state index contributed by atoms with van der Waals surface area (Å²) in [5.74, 6) is -0.248. The van der Waals surface area contributed by atoms with E-state index in [2.05, 4.69) is 22.0 Å². The molecule has 0 heterocycles. The normalized spacial score (nSPS) is 9.62. The number of ether oxygens (including phenoxy) is 1. The summed E-state index contributed by atoms with van der Waals surface area (Å²) in [5.41, 5.74) is 2.38. The fraction of sp³-hybridized carbons (Fsp3) is 0.333. The molecule has 0 saturated heterocycles. The Balaban J connectivity index is 2.95. The summed E-state index contributed by atoms with van der Waals surface area (Å²) in [6.07, 6.45) is 0.240. The lowest BCUT2D eigenvalue weighted by Crippen LogP contribution is -2.08. The van der Waals surface area contributed by atoms with Crippen molar-refractivity contribution in [2.75, 3.05) is 6.61 Å². The minimum Gasteiger partial charge on any atom is -0.466 e. The van der Waals surface area contributed by atoms with Gasteiger partial charge in [0.05, 0.1) is 18.6 Å². The summed E-state index contributed by atoms with van der Waals surface area (Å²) in [6, 6.07) is 5.64. The lowest BCUT2D eigenvalue weighted by molar-refractivity contribution is -0.142. The Labute approximate surface area is 103 Å². The third kappa shape index (κ3) is 3.07. The van der Waals surface area contributed by atoms with Gasteiger partial charge in [-0.2, -0.15) is 5.26 Å². The summed E-state index contributed by atoms with van der Waals surface area (Å²) < 4.78 is 5.59. The van der Waals surface area contributed by atoms with E-state index in [1.807, 2.05) is 6.92 Å². The molecule has 4 heteroatoms. The number of benzene rings is 1. The van der Waals surface area contributed by atoms with Gasteiger partial charge in [-0.05, 0) is 53.0 Å². The third-order valence-electron chi connectivity index (χ3n) is 2.19. The average Bonchev–Trinajstić information content (AvgIpc) is 2.23. The van der Waals surface area contributed by atoms with Crippen LogP contribution in [-0.2, 0) is 16.0 Å². The van der Waals surface area contributed by atoms with E-state index in [1.165, 1.54) is 0 Å². The van der Waals surface area contributed by atoms with Crippen molar-refractivity contribution in [1.82, 2.24) is 0 Å². The van der Waals surface area contributed by atoms with Crippen molar-refractivity contribution in [2.45, 2.75) is 20.3 Å². The smallest absolute Gasteiger partial charge is 0.310 e. The van der Waals surface area contributed by atoms with Gasteiger partial charge in [0.2, 0.25) is 0 Å². The molecule has 3 nitrogen and oxygen atoms in total. The van der Waals surface area contributed by atoms with Gasteiger partial charge < -0.3 is 4.74 Å². The Bertz CT molecular complexity index is 449. The number of rotatable bonds is 3. The Kier molecular flexibility index (Phi) is 4.51. The van der Waals surface area contributed by atoms with Crippen molar-refractivity contribution < 1.29 is 9.53 Å². The summed E-state index contributed by atoms with van der Waals surface area (Å²) in [5, 5.41) is 8.83. The number of halogens is 1. The molecule has 0 aromatic heterocycles. The maximum absolute atomic E-state index is 11.3. The zero-order chi connectivity index (χ0) is 12.1. The van der Waals surface area contributed by atoms with Gasteiger partial charge in [0, 0.05) is 4.47 Å². The molecule has 0 bridgehead atoms. The van der Waals surface area contributed by atoms with Crippen molar-refractivity contribution in [3.8, 4) is 6.07 Å². The SMILES string of the molecule is CCOC(=O)Cc1cc(Br)c(C#N)cc1C. The molecule has 0 N–H and O–H groups in total. The summed E-state index contributed by atoms with van der Waals surface area (Å²) in [4.78, 5) is 11.3. The molecule has 1 rings (SSSR count). The van der Waals surface area contributed by atoms with Crippen LogP contribution in [0.25, 0.3) is 0 Å². The number of carbonyl (C=O) groups is 1. The molecule has 0 atom stereocenters. The van der Waals surface area contributed by atoms with Gasteiger partial charge >= 0.3 is 5.97 Å². The monoisotopic (exact) mass is 281 g/mol. The van der Waals surface area contributed by atoms with Gasteiger partial charge in [-0.1, -0.05) is 0 Å². The molecule has 0 aliphatic heterocycles. The average molecular weight is 282 g/mol. The number of hydrogen-bond acceptors (Lipinski definition) is 3. The van der Waals surface area contributed by atoms with Crippen molar-refractivity contribution in [2.24, 2.45) is 0 Å². The fourth-order valence-corrected chi connectivity index (χ4v) is 1.85. The van der Waals surface area contributed by atoms with Crippen LogP contribution in [0.1, 0.15) is 23.6 Å². The van der Waals surface area contributed by atoms with E-state index in [-0.39, 0.29) is 12.4 Å². The van der Waals surface area contributed by atoms with Crippen LogP contribution in [0.3, 0.4) is 0 Å². The molecule has 0 radical (unpaired) electrons. The quantitative estimate of drug-likeness (QED) is 0.801. The van der Waals surface area contributed by atoms with Gasteiger partial charge in [-0.3, -0.25) is 4.79 Å². The van der Waals surface area contributed by atoms with E-state index in [0.717, 1.165) is 11.1 Å². The van der Waals surface area contributed by atoms with Crippen LogP contribution in [0.2, 0.25) is 0 Å². The summed E-state index contributed by atoms with van der Waals surface area (Å²) in [7, 11) is 0. The predicted octanol–water partition coefficient (Wildman–Crippen LogP) is 2.73. The van der Waals surface area contributed by atoms with Crippen LogP contribution in [0.15, 0.2) is 16.6 Å². The molecule has 0 aliphatic carbocycles. The highest BCUT2D eigenvalue weighted by Crippen LogP contribution is 2.21. The molecule has 0 fully saturated rings.